The number of carbonyl (C=O) groups is 2. The number of aromatic amines is 1. The van der Waals surface area contributed by atoms with Crippen LogP contribution in [0, 0.1) is 5.82 Å². The molecule has 0 unspecified atom stereocenters. The van der Waals surface area contributed by atoms with Crippen molar-refractivity contribution in [2.75, 3.05) is 19.0 Å². The van der Waals surface area contributed by atoms with Gasteiger partial charge in [-0.1, -0.05) is 0 Å². The summed E-state index contributed by atoms with van der Waals surface area (Å²) in [6.07, 6.45) is 3.09. The molecule has 1 aromatic carbocycles. The van der Waals surface area contributed by atoms with Crippen molar-refractivity contribution in [2.45, 2.75) is 19.8 Å². The second-order valence-corrected chi connectivity index (χ2v) is 8.54. The van der Waals surface area contributed by atoms with Crippen molar-refractivity contribution in [1.82, 2.24) is 15.3 Å². The van der Waals surface area contributed by atoms with E-state index in [4.69, 9.17) is 10.9 Å². The Balaban J connectivity index is 1.85. The van der Waals surface area contributed by atoms with E-state index in [1.807, 2.05) is 6.92 Å². The van der Waals surface area contributed by atoms with Crippen LogP contribution in [-0.4, -0.2) is 35.5 Å². The predicted molar refractivity (Wildman–Crippen MR) is 113 cm³/mol. The molecule has 1 amide bonds. The Bertz CT molecular complexity index is 1220. The molecule has 0 aliphatic carbocycles. The number of pyridine rings is 1. The van der Waals surface area contributed by atoms with Gasteiger partial charge in [-0.15, -0.1) is 0 Å². The van der Waals surface area contributed by atoms with Gasteiger partial charge in [0.15, 0.2) is 0 Å². The predicted octanol–water partition coefficient (Wildman–Crippen LogP) is 0.676. The number of anilines is 2. The molecule has 0 saturated heterocycles. The fraction of sp³-hybridized carbons (Fsp3) is 0.227. The van der Waals surface area contributed by atoms with Crippen molar-refractivity contribution < 1.29 is 46.9 Å². The normalized spacial score (nSPS) is 14.9. The molecule has 4 rings (SSSR count). The number of hydrogen-bond donors (Lipinski definition) is 3. The molecule has 2 aromatic heterocycles. The van der Waals surface area contributed by atoms with Crippen molar-refractivity contribution in [3.8, 4) is 22.8 Å². The van der Waals surface area contributed by atoms with Crippen molar-refractivity contribution in [2.24, 2.45) is 0 Å². The number of halogens is 2. The zero-order valence-electron chi connectivity index (χ0n) is 18.0. The Morgan fingerprint density at radius 2 is 2.15 bits per heavy atom. The first-order valence-electron chi connectivity index (χ1n) is 9.98. The quantitative estimate of drug-likeness (QED) is 0.360. The standard InChI is InChI=1S/C22H21FIN4O5/c1-11-9-26-22(30)17-18(11)28-19(13-7-8-25-10-16(13)33-24-32-12(2)29)20(17)27-15-6-4-5-14(23)21(15)31-3/h4-8,10-11,27-28H,9H2,1-3H3,(H,26,30)/q-1/t11-/m0/s1. The monoisotopic (exact) mass is 567 g/mol. The van der Waals surface area contributed by atoms with E-state index >= 15 is 0 Å². The van der Waals surface area contributed by atoms with Crippen molar-refractivity contribution in [3.63, 3.8) is 0 Å². The first-order chi connectivity index (χ1) is 15.9. The molecule has 3 N–H and O–H groups in total. The molecule has 0 fully saturated rings. The van der Waals surface area contributed by atoms with Crippen LogP contribution in [0.2, 0.25) is 0 Å². The number of carbonyl (C=O) groups excluding carboxylic acids is 2. The number of fused-ring (bicyclic) bond motifs is 1. The third kappa shape index (κ3) is 4.58. The van der Waals surface area contributed by atoms with Crippen LogP contribution in [0.5, 0.6) is 11.5 Å². The number of nitrogens with zero attached hydrogens (tertiary/aromatic N) is 1. The van der Waals surface area contributed by atoms with E-state index in [9.17, 15) is 14.0 Å². The summed E-state index contributed by atoms with van der Waals surface area (Å²) in [4.78, 5) is 31.5. The van der Waals surface area contributed by atoms with Gasteiger partial charge in [-0.25, -0.2) is 0 Å². The topological polar surface area (TPSA) is 115 Å². The summed E-state index contributed by atoms with van der Waals surface area (Å²) in [5.74, 6) is -0.810. The molecule has 0 bridgehead atoms. The van der Waals surface area contributed by atoms with Gasteiger partial charge in [0.1, 0.15) is 0 Å². The SMILES string of the molecule is COc1c(F)cccc1Nc1c(-c2ccncc2O[I-]OC(C)=O)[nH]c2c1C(=O)NC[C@@H]2C. The molecule has 9 nitrogen and oxygen atoms in total. The molecule has 0 saturated carbocycles. The molecular weight excluding hydrogens is 546 g/mol. The summed E-state index contributed by atoms with van der Waals surface area (Å²) in [6.45, 7) is 3.77. The number of nitrogens with one attached hydrogen (secondary N) is 3. The maximum atomic E-state index is 14.3. The maximum absolute atomic E-state index is 14.3. The number of H-pyrrole nitrogens is 1. The number of amides is 1. The minimum absolute atomic E-state index is 0.0149. The molecule has 0 radical (unpaired) electrons. The molecule has 33 heavy (non-hydrogen) atoms. The fourth-order valence-corrected chi connectivity index (χ4v) is 4.47. The van der Waals surface area contributed by atoms with Crippen LogP contribution in [0.3, 0.4) is 0 Å². The van der Waals surface area contributed by atoms with Gasteiger partial charge >= 0.3 is 201 Å². The molecule has 1 atom stereocenters. The average molecular weight is 567 g/mol. The van der Waals surface area contributed by atoms with Gasteiger partial charge in [0.25, 0.3) is 0 Å². The van der Waals surface area contributed by atoms with Crippen LogP contribution >= 0.6 is 0 Å². The second-order valence-electron chi connectivity index (χ2n) is 7.30. The fourth-order valence-electron chi connectivity index (χ4n) is 3.58. The molecule has 174 valence electrons. The van der Waals surface area contributed by atoms with Gasteiger partial charge in [-0.05, 0) is 0 Å². The van der Waals surface area contributed by atoms with Gasteiger partial charge in [0, 0.05) is 0 Å². The van der Waals surface area contributed by atoms with E-state index in [0.29, 0.717) is 40.5 Å². The zero-order valence-corrected chi connectivity index (χ0v) is 20.2. The first kappa shape index (κ1) is 22.8. The number of hydrogen-bond acceptors (Lipinski definition) is 7. The van der Waals surface area contributed by atoms with Crippen LogP contribution in [0.4, 0.5) is 15.8 Å². The molecule has 3 aromatic rings. The van der Waals surface area contributed by atoms with E-state index < -0.39 is 33.8 Å². The van der Waals surface area contributed by atoms with E-state index in [0.717, 1.165) is 5.69 Å². The van der Waals surface area contributed by atoms with Crippen molar-refractivity contribution in [1.29, 1.82) is 0 Å². The Labute approximate surface area is 200 Å². The Morgan fingerprint density at radius 1 is 1.33 bits per heavy atom. The number of ether oxygens (including phenoxy) is 1. The molecule has 0 spiro atoms. The Hall–Kier alpha value is -3.35. The third-order valence-electron chi connectivity index (χ3n) is 5.06. The van der Waals surface area contributed by atoms with Crippen LogP contribution < -0.4 is 40.5 Å². The summed E-state index contributed by atoms with van der Waals surface area (Å²) in [6, 6.07) is 6.22. The van der Waals surface area contributed by atoms with Crippen molar-refractivity contribution in [3.05, 3.63) is 53.7 Å². The number of methoxy groups -OCH3 is 1. The number of benzene rings is 1. The molecular formula is C22H21FIN4O5-. The average Bonchev–Trinajstić information content (AvgIpc) is 3.17. The zero-order chi connectivity index (χ0) is 23.5. The van der Waals surface area contributed by atoms with Crippen LogP contribution in [0.1, 0.15) is 35.8 Å². The van der Waals surface area contributed by atoms with Gasteiger partial charge in [-0.3, -0.25) is 0 Å². The molecule has 3 heterocycles. The van der Waals surface area contributed by atoms with Crippen LogP contribution in [0.15, 0.2) is 36.7 Å². The van der Waals surface area contributed by atoms with Gasteiger partial charge in [0.2, 0.25) is 0 Å². The van der Waals surface area contributed by atoms with E-state index in [-0.39, 0.29) is 17.6 Å². The van der Waals surface area contributed by atoms with E-state index in [1.165, 1.54) is 26.3 Å². The van der Waals surface area contributed by atoms with Gasteiger partial charge in [-0.2, -0.15) is 0 Å². The minimum atomic E-state index is -1.36. The number of para-hydroxylation sites is 1. The van der Waals surface area contributed by atoms with Gasteiger partial charge in [0.05, 0.1) is 0 Å². The third-order valence-corrected chi connectivity index (χ3v) is 6.51. The Morgan fingerprint density at radius 3 is 2.91 bits per heavy atom. The van der Waals surface area contributed by atoms with Gasteiger partial charge < -0.3 is 0 Å². The van der Waals surface area contributed by atoms with Crippen molar-refractivity contribution >= 4 is 23.3 Å². The number of rotatable bonds is 7. The van der Waals surface area contributed by atoms with E-state index in [1.54, 1.807) is 24.4 Å². The molecule has 1 aliphatic heterocycles. The van der Waals surface area contributed by atoms with Crippen LogP contribution in [0.25, 0.3) is 11.3 Å². The molecule has 11 heteroatoms. The molecule has 1 aliphatic rings. The summed E-state index contributed by atoms with van der Waals surface area (Å²) in [5.41, 5.74) is 3.12. The van der Waals surface area contributed by atoms with E-state index in [2.05, 4.69) is 20.6 Å². The summed E-state index contributed by atoms with van der Waals surface area (Å²) in [7, 11) is 1.37. The Kier molecular flexibility index (Phi) is 6.67. The summed E-state index contributed by atoms with van der Waals surface area (Å²) >= 11 is -1.36. The first-order valence-corrected chi connectivity index (χ1v) is 11.7. The van der Waals surface area contributed by atoms with Crippen LogP contribution in [-0.2, 0) is 7.86 Å². The number of aromatic nitrogens is 2. The summed E-state index contributed by atoms with van der Waals surface area (Å²) < 4.78 is 30.3. The summed E-state index contributed by atoms with van der Waals surface area (Å²) in [5, 5.41) is 6.06. The second kappa shape index (κ2) is 9.65.